The molecule has 0 aliphatic heterocycles. The van der Waals surface area contributed by atoms with Gasteiger partial charge in [-0.3, -0.25) is 4.79 Å². The molecule has 0 unspecified atom stereocenters. The Bertz CT molecular complexity index is 988. The number of benzene rings is 2. The van der Waals surface area contributed by atoms with Crippen molar-refractivity contribution >= 4 is 28.8 Å². The number of amides is 1. The van der Waals surface area contributed by atoms with Gasteiger partial charge in [0, 0.05) is 28.1 Å². The first-order chi connectivity index (χ1) is 13.1. The molecule has 0 spiro atoms. The van der Waals surface area contributed by atoms with Crippen LogP contribution in [0.4, 0.5) is 4.39 Å². The number of nitrogens with one attached hydrogen (secondary N) is 1. The molecule has 4 nitrogen and oxygen atoms in total. The highest BCUT2D eigenvalue weighted by Crippen LogP contribution is 2.29. The van der Waals surface area contributed by atoms with Crippen LogP contribution in [0.5, 0.6) is 5.75 Å². The van der Waals surface area contributed by atoms with Gasteiger partial charge in [-0.1, -0.05) is 23.7 Å². The third kappa shape index (κ3) is 4.46. The van der Waals surface area contributed by atoms with E-state index in [-0.39, 0.29) is 11.9 Å². The van der Waals surface area contributed by atoms with E-state index in [0.717, 1.165) is 18.4 Å². The molecule has 0 bridgehead atoms. The van der Waals surface area contributed by atoms with Gasteiger partial charge in [-0.15, -0.1) is 11.3 Å². The number of ether oxygens (including phenoxy) is 1. The Labute approximate surface area is 165 Å². The molecule has 1 saturated carbocycles. The van der Waals surface area contributed by atoms with Crippen LogP contribution in [-0.2, 0) is 6.61 Å². The number of carbonyl (C=O) groups is 1. The lowest BCUT2D eigenvalue weighted by Gasteiger charge is -2.08. The van der Waals surface area contributed by atoms with E-state index in [9.17, 15) is 9.18 Å². The van der Waals surface area contributed by atoms with Gasteiger partial charge in [0.05, 0.1) is 0 Å². The fraction of sp³-hybridized carbons (Fsp3) is 0.200. The summed E-state index contributed by atoms with van der Waals surface area (Å²) < 4.78 is 20.2. The van der Waals surface area contributed by atoms with Gasteiger partial charge in [0.25, 0.3) is 5.91 Å². The summed E-state index contributed by atoms with van der Waals surface area (Å²) in [6.07, 6.45) is 2.02. The molecule has 1 amide bonds. The summed E-state index contributed by atoms with van der Waals surface area (Å²) in [4.78, 5) is 16.3. The molecule has 7 heteroatoms. The molecule has 1 aliphatic carbocycles. The third-order valence-electron chi connectivity index (χ3n) is 4.11. The van der Waals surface area contributed by atoms with E-state index in [1.54, 1.807) is 29.6 Å². The minimum Gasteiger partial charge on any atom is -0.489 e. The second kappa shape index (κ2) is 7.66. The second-order valence-corrected chi connectivity index (χ2v) is 7.64. The predicted molar refractivity (Wildman–Crippen MR) is 104 cm³/mol. The summed E-state index contributed by atoms with van der Waals surface area (Å²) in [5, 5.41) is 5.62. The smallest absolute Gasteiger partial charge is 0.270 e. The fourth-order valence-electron chi connectivity index (χ4n) is 2.54. The van der Waals surface area contributed by atoms with E-state index in [0.29, 0.717) is 33.6 Å². The van der Waals surface area contributed by atoms with E-state index in [4.69, 9.17) is 16.3 Å². The van der Waals surface area contributed by atoms with Gasteiger partial charge in [-0.25, -0.2) is 9.37 Å². The molecule has 4 rings (SSSR count). The van der Waals surface area contributed by atoms with E-state index >= 15 is 0 Å². The molecule has 1 heterocycles. The fourth-order valence-corrected chi connectivity index (χ4v) is 3.58. The summed E-state index contributed by atoms with van der Waals surface area (Å²) >= 11 is 7.19. The van der Waals surface area contributed by atoms with Crippen molar-refractivity contribution in [2.24, 2.45) is 0 Å². The number of aromatic nitrogens is 1. The maximum Gasteiger partial charge on any atom is 0.270 e. The molecular formula is C20H16ClFN2O2S. The van der Waals surface area contributed by atoms with Crippen molar-refractivity contribution in [3.8, 4) is 16.3 Å². The SMILES string of the molecule is O=C(NC1CC1)c1csc(-c2ccc(OCc3cccc(Cl)c3)cc2F)n1. The van der Waals surface area contributed by atoms with Crippen LogP contribution in [0.2, 0.25) is 5.02 Å². The number of carbonyl (C=O) groups excluding carboxylic acids is 1. The van der Waals surface area contributed by atoms with Crippen LogP contribution in [-0.4, -0.2) is 16.9 Å². The Morgan fingerprint density at radius 3 is 2.89 bits per heavy atom. The Hall–Kier alpha value is -2.44. The number of halogens is 2. The van der Waals surface area contributed by atoms with Gasteiger partial charge >= 0.3 is 0 Å². The maximum atomic E-state index is 14.5. The highest BCUT2D eigenvalue weighted by molar-refractivity contribution is 7.13. The normalized spacial score (nSPS) is 13.4. The summed E-state index contributed by atoms with van der Waals surface area (Å²) in [6.45, 7) is 0.294. The largest absolute Gasteiger partial charge is 0.489 e. The summed E-state index contributed by atoms with van der Waals surface area (Å²) in [5.41, 5.74) is 1.57. The van der Waals surface area contributed by atoms with Gasteiger partial charge in [-0.05, 0) is 42.7 Å². The molecule has 0 saturated heterocycles. The summed E-state index contributed by atoms with van der Waals surface area (Å²) in [7, 11) is 0. The zero-order valence-electron chi connectivity index (χ0n) is 14.2. The number of hydrogen-bond donors (Lipinski definition) is 1. The lowest BCUT2D eigenvalue weighted by atomic mass is 10.2. The molecule has 2 aromatic carbocycles. The van der Waals surface area contributed by atoms with Crippen molar-refractivity contribution in [3.63, 3.8) is 0 Å². The highest BCUT2D eigenvalue weighted by Gasteiger charge is 2.25. The van der Waals surface area contributed by atoms with Gasteiger partial charge in [-0.2, -0.15) is 0 Å². The maximum absolute atomic E-state index is 14.5. The lowest BCUT2D eigenvalue weighted by Crippen LogP contribution is -2.25. The molecule has 1 aromatic heterocycles. The molecule has 0 radical (unpaired) electrons. The van der Waals surface area contributed by atoms with Crippen molar-refractivity contribution in [1.82, 2.24) is 10.3 Å². The summed E-state index contributed by atoms with van der Waals surface area (Å²) in [5.74, 6) is -0.233. The first-order valence-electron chi connectivity index (χ1n) is 8.52. The molecule has 1 N–H and O–H groups in total. The average Bonchev–Trinajstić information content (AvgIpc) is 3.32. The zero-order valence-corrected chi connectivity index (χ0v) is 15.8. The molecule has 3 aromatic rings. The van der Waals surface area contributed by atoms with Crippen molar-refractivity contribution in [1.29, 1.82) is 0 Å². The van der Waals surface area contributed by atoms with Crippen molar-refractivity contribution in [2.45, 2.75) is 25.5 Å². The van der Waals surface area contributed by atoms with E-state index < -0.39 is 5.82 Å². The van der Waals surface area contributed by atoms with E-state index in [1.807, 2.05) is 12.1 Å². The van der Waals surface area contributed by atoms with E-state index in [2.05, 4.69) is 10.3 Å². The van der Waals surface area contributed by atoms with E-state index in [1.165, 1.54) is 17.4 Å². The van der Waals surface area contributed by atoms with Gasteiger partial charge in [0.15, 0.2) is 0 Å². The van der Waals surface area contributed by atoms with Gasteiger partial charge in [0.2, 0.25) is 0 Å². The van der Waals surface area contributed by atoms with Crippen LogP contribution in [0.15, 0.2) is 47.8 Å². The zero-order chi connectivity index (χ0) is 18.8. The first kappa shape index (κ1) is 17.9. The van der Waals surface area contributed by atoms with Crippen LogP contribution in [0.3, 0.4) is 0 Å². The predicted octanol–water partition coefficient (Wildman–Crippen LogP) is 5.07. The Morgan fingerprint density at radius 1 is 1.30 bits per heavy atom. The average molecular weight is 403 g/mol. The van der Waals surface area contributed by atoms with Crippen molar-refractivity contribution in [2.75, 3.05) is 0 Å². The highest BCUT2D eigenvalue weighted by atomic mass is 35.5. The minimum atomic E-state index is -0.443. The topological polar surface area (TPSA) is 51.2 Å². The standard InChI is InChI=1S/C20H16ClFN2O2S/c21-13-3-1-2-12(8-13)10-26-15-6-7-16(17(22)9-15)20-24-18(11-27-20)19(25)23-14-4-5-14/h1-3,6-9,11,14H,4-5,10H2,(H,23,25). The molecular weight excluding hydrogens is 387 g/mol. The minimum absolute atomic E-state index is 0.207. The van der Waals surface area contributed by atoms with Crippen LogP contribution < -0.4 is 10.1 Å². The number of hydrogen-bond acceptors (Lipinski definition) is 4. The molecule has 1 aliphatic rings. The Balaban J connectivity index is 1.45. The number of thiazole rings is 1. The second-order valence-electron chi connectivity index (χ2n) is 6.35. The first-order valence-corrected chi connectivity index (χ1v) is 9.78. The Morgan fingerprint density at radius 2 is 2.15 bits per heavy atom. The lowest BCUT2D eigenvalue weighted by molar-refractivity contribution is 0.0947. The number of rotatable bonds is 6. The molecule has 138 valence electrons. The van der Waals surface area contributed by atoms with Crippen LogP contribution in [0, 0.1) is 5.82 Å². The number of nitrogens with zero attached hydrogens (tertiary/aromatic N) is 1. The van der Waals surface area contributed by atoms with Gasteiger partial charge < -0.3 is 10.1 Å². The quantitative estimate of drug-likeness (QED) is 0.626. The molecule has 27 heavy (non-hydrogen) atoms. The third-order valence-corrected chi connectivity index (χ3v) is 5.23. The van der Waals surface area contributed by atoms with Crippen LogP contribution in [0.25, 0.3) is 10.6 Å². The molecule has 0 atom stereocenters. The summed E-state index contributed by atoms with van der Waals surface area (Å²) in [6, 6.07) is 12.2. The van der Waals surface area contributed by atoms with Crippen LogP contribution in [0.1, 0.15) is 28.9 Å². The monoisotopic (exact) mass is 402 g/mol. The Kier molecular flexibility index (Phi) is 5.09. The van der Waals surface area contributed by atoms with Crippen LogP contribution >= 0.6 is 22.9 Å². The van der Waals surface area contributed by atoms with Crippen molar-refractivity contribution < 1.29 is 13.9 Å². The van der Waals surface area contributed by atoms with Crippen molar-refractivity contribution in [3.05, 3.63) is 69.9 Å². The molecule has 1 fully saturated rings. The van der Waals surface area contributed by atoms with Gasteiger partial charge in [0.1, 0.15) is 28.9 Å².